The average Bonchev–Trinajstić information content (AvgIpc) is 2.66. The van der Waals surface area contributed by atoms with E-state index in [0.29, 0.717) is 16.2 Å². The molecular formula is C22H24N2O2S. The minimum atomic E-state index is -0.322. The molecule has 2 aromatic carbocycles. The second kappa shape index (κ2) is 7.92. The molecule has 0 aromatic heterocycles. The summed E-state index contributed by atoms with van der Waals surface area (Å²) < 4.78 is 5.83. The maximum atomic E-state index is 13.3. The van der Waals surface area contributed by atoms with Crippen molar-refractivity contribution in [3.8, 4) is 5.75 Å². The number of benzene rings is 2. The zero-order valence-corrected chi connectivity index (χ0v) is 16.8. The van der Waals surface area contributed by atoms with Crippen LogP contribution in [0.25, 0.3) is 0 Å². The van der Waals surface area contributed by atoms with Crippen molar-refractivity contribution < 1.29 is 9.53 Å². The number of nitrogens with one attached hydrogen (secondary N) is 1. The summed E-state index contributed by atoms with van der Waals surface area (Å²) in [6.07, 6.45) is 0.0782. The van der Waals surface area contributed by atoms with E-state index in [1.807, 2.05) is 87.3 Å². The fraction of sp³-hybridized carbons (Fsp3) is 0.273. The maximum absolute atomic E-state index is 13.3. The molecule has 1 N–H and O–H groups in total. The quantitative estimate of drug-likeness (QED) is 0.611. The third-order valence-electron chi connectivity index (χ3n) is 4.60. The summed E-state index contributed by atoms with van der Waals surface area (Å²) in [6, 6.07) is 16.8. The molecule has 0 amide bonds. The van der Waals surface area contributed by atoms with Crippen molar-refractivity contribution in [2.24, 2.45) is 0 Å². The van der Waals surface area contributed by atoms with Crippen LogP contribution in [0, 0.1) is 0 Å². The zero-order chi connectivity index (χ0) is 19.6. The molecule has 0 fully saturated rings. The molecule has 0 saturated carbocycles. The van der Waals surface area contributed by atoms with Crippen molar-refractivity contribution in [2.75, 3.05) is 7.05 Å². The van der Waals surface area contributed by atoms with Gasteiger partial charge in [-0.3, -0.25) is 4.79 Å². The monoisotopic (exact) mass is 380 g/mol. The molecule has 27 heavy (non-hydrogen) atoms. The Morgan fingerprint density at radius 3 is 2.52 bits per heavy atom. The number of allylic oxidation sites excluding steroid dienone is 1. The van der Waals surface area contributed by atoms with Gasteiger partial charge in [0.25, 0.3) is 0 Å². The number of nitrogens with zero attached hydrogens (tertiary/aromatic N) is 1. The van der Waals surface area contributed by atoms with Gasteiger partial charge in [-0.1, -0.05) is 42.5 Å². The minimum absolute atomic E-state index is 0.00451. The van der Waals surface area contributed by atoms with Gasteiger partial charge in [0.05, 0.1) is 12.1 Å². The van der Waals surface area contributed by atoms with Gasteiger partial charge in [-0.2, -0.15) is 0 Å². The number of thiocarbonyl (C=S) groups is 1. The molecule has 140 valence electrons. The highest BCUT2D eigenvalue weighted by atomic mass is 32.1. The van der Waals surface area contributed by atoms with Gasteiger partial charge in [0.1, 0.15) is 5.75 Å². The Morgan fingerprint density at radius 1 is 1.15 bits per heavy atom. The highest BCUT2D eigenvalue weighted by Crippen LogP contribution is 2.33. The van der Waals surface area contributed by atoms with E-state index in [4.69, 9.17) is 17.0 Å². The molecular weight excluding hydrogens is 356 g/mol. The number of carbonyl (C=O) groups excluding carboxylic acids is 1. The Labute approximate surface area is 165 Å². The van der Waals surface area contributed by atoms with Gasteiger partial charge in [0.2, 0.25) is 0 Å². The fourth-order valence-electron chi connectivity index (χ4n) is 3.16. The molecule has 1 unspecified atom stereocenters. The van der Waals surface area contributed by atoms with Crippen molar-refractivity contribution in [3.63, 3.8) is 0 Å². The van der Waals surface area contributed by atoms with Gasteiger partial charge in [-0.25, -0.2) is 0 Å². The van der Waals surface area contributed by atoms with E-state index in [9.17, 15) is 4.79 Å². The van der Waals surface area contributed by atoms with Crippen molar-refractivity contribution in [2.45, 2.75) is 32.9 Å². The van der Waals surface area contributed by atoms with Crippen LogP contribution in [-0.2, 0) is 0 Å². The lowest BCUT2D eigenvalue weighted by Crippen LogP contribution is -2.45. The van der Waals surface area contributed by atoms with Crippen LogP contribution in [0.1, 0.15) is 42.7 Å². The van der Waals surface area contributed by atoms with Gasteiger partial charge in [0.15, 0.2) is 10.9 Å². The molecule has 0 aliphatic carbocycles. The van der Waals surface area contributed by atoms with Gasteiger partial charge < -0.3 is 15.0 Å². The number of hydrogen-bond donors (Lipinski definition) is 1. The van der Waals surface area contributed by atoms with E-state index >= 15 is 0 Å². The van der Waals surface area contributed by atoms with E-state index in [-0.39, 0.29) is 17.9 Å². The lowest BCUT2D eigenvalue weighted by Gasteiger charge is -2.36. The molecule has 4 nitrogen and oxygen atoms in total. The lowest BCUT2D eigenvalue weighted by atomic mass is 9.89. The molecule has 0 radical (unpaired) electrons. The molecule has 3 rings (SSSR count). The Kier molecular flexibility index (Phi) is 5.61. The number of ether oxygens (including phenoxy) is 1. The topological polar surface area (TPSA) is 41.6 Å². The highest BCUT2D eigenvalue weighted by molar-refractivity contribution is 7.80. The van der Waals surface area contributed by atoms with Crippen molar-refractivity contribution in [1.82, 2.24) is 10.2 Å². The molecule has 1 heterocycles. The Balaban J connectivity index is 2.07. The largest absolute Gasteiger partial charge is 0.491 e. The van der Waals surface area contributed by atoms with Crippen molar-refractivity contribution in [3.05, 3.63) is 77.0 Å². The second-order valence-corrected chi connectivity index (χ2v) is 7.26. The van der Waals surface area contributed by atoms with Crippen LogP contribution in [0.5, 0.6) is 5.75 Å². The first kappa shape index (κ1) is 19.1. The van der Waals surface area contributed by atoms with Crippen LogP contribution < -0.4 is 10.1 Å². The molecule has 1 atom stereocenters. The summed E-state index contributed by atoms with van der Waals surface area (Å²) in [5.41, 5.74) is 3.16. The predicted octanol–water partition coefficient (Wildman–Crippen LogP) is 4.49. The van der Waals surface area contributed by atoms with Gasteiger partial charge in [0, 0.05) is 23.9 Å². The first-order valence-corrected chi connectivity index (χ1v) is 9.40. The summed E-state index contributed by atoms with van der Waals surface area (Å²) in [7, 11) is 1.87. The van der Waals surface area contributed by atoms with E-state index in [1.165, 1.54) is 0 Å². The molecule has 0 spiro atoms. The summed E-state index contributed by atoms with van der Waals surface area (Å²) in [5.74, 6) is 0.772. The third-order valence-corrected chi connectivity index (χ3v) is 4.99. The Hall–Kier alpha value is -2.66. The van der Waals surface area contributed by atoms with Gasteiger partial charge in [-0.05, 0) is 50.7 Å². The highest BCUT2D eigenvalue weighted by Gasteiger charge is 2.33. The SMILES string of the molecule is CC1=C(C(=O)c2ccccc2)C(c2cccc(OC(C)C)c2)NC(=S)N1C. The molecule has 1 aliphatic rings. The van der Waals surface area contributed by atoms with Crippen LogP contribution in [0.15, 0.2) is 65.9 Å². The third kappa shape index (κ3) is 4.03. The number of rotatable bonds is 5. The standard InChI is InChI=1S/C22H24N2O2S/c1-14(2)26-18-12-8-11-17(13-18)20-19(15(3)24(4)22(27)23-20)21(25)16-9-6-5-7-10-16/h5-14,20H,1-4H3,(H,23,27). The number of hydrogen-bond acceptors (Lipinski definition) is 3. The van der Waals surface area contributed by atoms with E-state index in [0.717, 1.165) is 17.0 Å². The van der Waals surface area contributed by atoms with E-state index in [2.05, 4.69) is 5.32 Å². The number of ketones is 1. The van der Waals surface area contributed by atoms with Crippen LogP contribution in [0.2, 0.25) is 0 Å². The van der Waals surface area contributed by atoms with Crippen molar-refractivity contribution in [1.29, 1.82) is 0 Å². The van der Waals surface area contributed by atoms with Gasteiger partial charge in [-0.15, -0.1) is 0 Å². The van der Waals surface area contributed by atoms with Crippen LogP contribution in [0.3, 0.4) is 0 Å². The molecule has 0 saturated heterocycles. The van der Waals surface area contributed by atoms with Crippen LogP contribution in [-0.4, -0.2) is 28.9 Å². The van der Waals surface area contributed by atoms with Gasteiger partial charge >= 0.3 is 0 Å². The molecule has 2 aromatic rings. The first-order valence-electron chi connectivity index (χ1n) is 9.00. The van der Waals surface area contributed by atoms with E-state index in [1.54, 1.807) is 0 Å². The second-order valence-electron chi connectivity index (χ2n) is 6.87. The Bertz CT molecular complexity index is 890. The summed E-state index contributed by atoms with van der Waals surface area (Å²) >= 11 is 5.48. The first-order chi connectivity index (χ1) is 12.9. The Morgan fingerprint density at radius 2 is 1.85 bits per heavy atom. The van der Waals surface area contributed by atoms with Crippen LogP contribution in [0.4, 0.5) is 0 Å². The number of carbonyl (C=O) groups is 1. The summed E-state index contributed by atoms with van der Waals surface area (Å²) in [6.45, 7) is 5.92. The zero-order valence-electron chi connectivity index (χ0n) is 16.0. The summed E-state index contributed by atoms with van der Waals surface area (Å²) in [4.78, 5) is 15.2. The molecule has 1 aliphatic heterocycles. The average molecular weight is 381 g/mol. The molecule has 5 heteroatoms. The van der Waals surface area contributed by atoms with Crippen molar-refractivity contribution >= 4 is 23.1 Å². The predicted molar refractivity (Wildman–Crippen MR) is 112 cm³/mol. The normalized spacial score (nSPS) is 17.1. The molecule has 0 bridgehead atoms. The fourth-order valence-corrected chi connectivity index (χ4v) is 3.42. The summed E-state index contributed by atoms with van der Waals surface area (Å²) in [5, 5.41) is 3.91. The number of Topliss-reactive ketones (excluding diaryl/α,β-unsaturated/α-hetero) is 1. The smallest absolute Gasteiger partial charge is 0.193 e. The lowest BCUT2D eigenvalue weighted by molar-refractivity contribution is 0.102. The maximum Gasteiger partial charge on any atom is 0.193 e. The van der Waals surface area contributed by atoms with Crippen LogP contribution >= 0.6 is 12.2 Å². The van der Waals surface area contributed by atoms with E-state index < -0.39 is 0 Å². The minimum Gasteiger partial charge on any atom is -0.491 e.